The lowest BCUT2D eigenvalue weighted by atomic mass is 10.2. The van der Waals surface area contributed by atoms with Gasteiger partial charge in [-0.3, -0.25) is 10.1 Å². The molecule has 1 aromatic heterocycles. The number of anilines is 1. The van der Waals surface area contributed by atoms with Gasteiger partial charge in [-0.25, -0.2) is 13.8 Å². The Bertz CT molecular complexity index is 680. The zero-order valence-electron chi connectivity index (χ0n) is 11.0. The van der Waals surface area contributed by atoms with Crippen LogP contribution in [0.5, 0.6) is 5.88 Å². The number of methoxy groups -OCH3 is 1. The number of ether oxygens (including phenoxy) is 1. The fourth-order valence-corrected chi connectivity index (χ4v) is 1.79. The normalized spacial score (nSPS) is 10.2. The average molecular weight is 295 g/mol. The molecule has 0 saturated heterocycles. The van der Waals surface area contributed by atoms with Crippen LogP contribution in [0.25, 0.3) is 0 Å². The summed E-state index contributed by atoms with van der Waals surface area (Å²) < 4.78 is 32.0. The van der Waals surface area contributed by atoms with E-state index in [9.17, 15) is 18.9 Å². The maximum absolute atomic E-state index is 13.7. The molecule has 1 heterocycles. The fraction of sp³-hybridized carbons (Fsp3) is 0.154. The summed E-state index contributed by atoms with van der Waals surface area (Å²) >= 11 is 0. The summed E-state index contributed by atoms with van der Waals surface area (Å²) in [5.74, 6) is -2.17. The molecule has 0 spiro atoms. The van der Waals surface area contributed by atoms with E-state index in [4.69, 9.17) is 4.74 Å². The smallest absolute Gasteiger partial charge is 0.295 e. The molecule has 0 unspecified atom stereocenters. The Morgan fingerprint density at radius 1 is 1.38 bits per heavy atom. The molecular formula is C13H11F2N3O3. The second-order valence-corrected chi connectivity index (χ2v) is 4.04. The van der Waals surface area contributed by atoms with Crippen LogP contribution in [0.4, 0.5) is 20.2 Å². The quantitative estimate of drug-likeness (QED) is 0.678. The monoisotopic (exact) mass is 295 g/mol. The Hall–Kier alpha value is -2.77. The number of pyridine rings is 1. The number of halogens is 2. The van der Waals surface area contributed by atoms with Crippen molar-refractivity contribution in [2.24, 2.45) is 0 Å². The maximum atomic E-state index is 13.7. The van der Waals surface area contributed by atoms with Crippen molar-refractivity contribution < 1.29 is 18.4 Å². The van der Waals surface area contributed by atoms with Crippen molar-refractivity contribution in [3.63, 3.8) is 0 Å². The number of nitro groups is 1. The Morgan fingerprint density at radius 3 is 2.81 bits per heavy atom. The predicted molar refractivity (Wildman–Crippen MR) is 71.1 cm³/mol. The van der Waals surface area contributed by atoms with Gasteiger partial charge in [-0.1, -0.05) is 6.07 Å². The van der Waals surface area contributed by atoms with Crippen molar-refractivity contribution in [3.8, 4) is 5.88 Å². The minimum absolute atomic E-state index is 0.00176. The van der Waals surface area contributed by atoms with Crippen molar-refractivity contribution in [2.75, 3.05) is 12.4 Å². The number of nitro benzene ring substituents is 1. The van der Waals surface area contributed by atoms with Crippen LogP contribution in [0.15, 0.2) is 30.5 Å². The van der Waals surface area contributed by atoms with Crippen LogP contribution in [0, 0.1) is 21.7 Å². The summed E-state index contributed by atoms with van der Waals surface area (Å²) in [6, 6.07) is 4.91. The molecule has 0 atom stereocenters. The first-order valence-corrected chi connectivity index (χ1v) is 5.88. The van der Waals surface area contributed by atoms with Crippen molar-refractivity contribution in [2.45, 2.75) is 6.54 Å². The second kappa shape index (κ2) is 6.12. The molecule has 0 aliphatic rings. The summed E-state index contributed by atoms with van der Waals surface area (Å²) in [4.78, 5) is 14.0. The molecule has 0 bridgehead atoms. The van der Waals surface area contributed by atoms with Gasteiger partial charge < -0.3 is 10.1 Å². The third-order valence-corrected chi connectivity index (χ3v) is 2.77. The van der Waals surface area contributed by atoms with E-state index in [2.05, 4.69) is 10.3 Å². The zero-order valence-corrected chi connectivity index (χ0v) is 11.0. The first-order chi connectivity index (χ1) is 10.0. The Labute approximate surface area is 118 Å². The molecule has 0 aliphatic heterocycles. The number of aromatic nitrogens is 1. The van der Waals surface area contributed by atoms with Crippen LogP contribution < -0.4 is 10.1 Å². The van der Waals surface area contributed by atoms with Gasteiger partial charge in [0, 0.05) is 24.4 Å². The van der Waals surface area contributed by atoms with Crippen LogP contribution in [0.2, 0.25) is 0 Å². The van der Waals surface area contributed by atoms with Gasteiger partial charge in [0.1, 0.15) is 0 Å². The lowest BCUT2D eigenvalue weighted by molar-refractivity contribution is -0.384. The molecular weight excluding hydrogens is 284 g/mol. The number of nitrogens with one attached hydrogen (secondary N) is 1. The molecule has 0 fully saturated rings. The van der Waals surface area contributed by atoms with Gasteiger partial charge in [-0.15, -0.1) is 0 Å². The summed E-state index contributed by atoms with van der Waals surface area (Å²) in [5, 5.41) is 13.4. The highest BCUT2D eigenvalue weighted by Gasteiger charge is 2.21. The van der Waals surface area contributed by atoms with E-state index in [1.165, 1.54) is 13.3 Å². The van der Waals surface area contributed by atoms with Gasteiger partial charge >= 0.3 is 0 Å². The number of nitrogens with zero attached hydrogens (tertiary/aromatic N) is 2. The molecule has 2 aromatic rings. The fourth-order valence-electron chi connectivity index (χ4n) is 1.79. The zero-order chi connectivity index (χ0) is 15.4. The van der Waals surface area contributed by atoms with Crippen LogP contribution in [-0.4, -0.2) is 17.0 Å². The van der Waals surface area contributed by atoms with E-state index in [0.717, 1.165) is 6.07 Å². The Balaban J connectivity index is 2.31. The molecule has 0 aliphatic carbocycles. The molecule has 21 heavy (non-hydrogen) atoms. The van der Waals surface area contributed by atoms with E-state index in [1.807, 2.05) is 0 Å². The molecule has 2 rings (SSSR count). The van der Waals surface area contributed by atoms with Crippen LogP contribution in [0.3, 0.4) is 0 Å². The molecule has 0 amide bonds. The van der Waals surface area contributed by atoms with E-state index in [0.29, 0.717) is 17.5 Å². The highest BCUT2D eigenvalue weighted by molar-refractivity contribution is 5.62. The lowest BCUT2D eigenvalue weighted by Gasteiger charge is -2.10. The van der Waals surface area contributed by atoms with Gasteiger partial charge in [-0.05, 0) is 12.1 Å². The van der Waals surface area contributed by atoms with Crippen molar-refractivity contribution >= 4 is 11.4 Å². The minimum Gasteiger partial charge on any atom is -0.481 e. The lowest BCUT2D eigenvalue weighted by Crippen LogP contribution is -2.07. The largest absolute Gasteiger partial charge is 0.481 e. The summed E-state index contributed by atoms with van der Waals surface area (Å²) in [7, 11) is 1.41. The second-order valence-electron chi connectivity index (χ2n) is 4.04. The first-order valence-electron chi connectivity index (χ1n) is 5.88. The van der Waals surface area contributed by atoms with Gasteiger partial charge in [0.25, 0.3) is 5.69 Å². The van der Waals surface area contributed by atoms with E-state index in [1.54, 1.807) is 12.1 Å². The highest BCUT2D eigenvalue weighted by atomic mass is 19.2. The van der Waals surface area contributed by atoms with Gasteiger partial charge in [0.05, 0.1) is 12.0 Å². The highest BCUT2D eigenvalue weighted by Crippen LogP contribution is 2.30. The topological polar surface area (TPSA) is 77.3 Å². The van der Waals surface area contributed by atoms with Crippen molar-refractivity contribution in [3.05, 3.63) is 57.8 Å². The number of rotatable bonds is 5. The van der Waals surface area contributed by atoms with Gasteiger partial charge in [-0.2, -0.15) is 0 Å². The maximum Gasteiger partial charge on any atom is 0.295 e. The predicted octanol–water partition coefficient (Wildman–Crippen LogP) is 2.89. The van der Waals surface area contributed by atoms with Crippen LogP contribution >= 0.6 is 0 Å². The minimum atomic E-state index is -1.30. The number of benzene rings is 1. The molecule has 6 nitrogen and oxygen atoms in total. The Kier molecular flexibility index (Phi) is 4.27. The van der Waals surface area contributed by atoms with E-state index >= 15 is 0 Å². The standard InChI is InChI=1S/C13H11F2N3O3/c1-21-13-8(3-2-6-16-13)7-17-12-10(18(19)20)5-4-9(14)11(12)15/h2-6,17H,7H2,1H3. The summed E-state index contributed by atoms with van der Waals surface area (Å²) in [6.45, 7) is -0.00176. The van der Waals surface area contributed by atoms with Gasteiger partial charge in [0.15, 0.2) is 17.3 Å². The molecule has 0 radical (unpaired) electrons. The average Bonchev–Trinajstić information content (AvgIpc) is 2.48. The van der Waals surface area contributed by atoms with Crippen molar-refractivity contribution in [1.82, 2.24) is 4.98 Å². The third-order valence-electron chi connectivity index (χ3n) is 2.77. The first kappa shape index (κ1) is 14.6. The third kappa shape index (κ3) is 3.04. The molecule has 0 saturated carbocycles. The van der Waals surface area contributed by atoms with Crippen molar-refractivity contribution in [1.29, 1.82) is 0 Å². The van der Waals surface area contributed by atoms with Crippen LogP contribution in [0.1, 0.15) is 5.56 Å². The summed E-state index contributed by atoms with van der Waals surface area (Å²) in [6.07, 6.45) is 1.51. The van der Waals surface area contributed by atoms with Gasteiger partial charge in [0.2, 0.25) is 5.88 Å². The number of hydrogen-bond donors (Lipinski definition) is 1. The Morgan fingerprint density at radius 2 is 2.14 bits per heavy atom. The SMILES string of the molecule is COc1ncccc1CNc1c([N+](=O)[O-])ccc(F)c1F. The van der Waals surface area contributed by atoms with E-state index < -0.39 is 27.9 Å². The summed E-state index contributed by atoms with van der Waals surface area (Å²) in [5.41, 5.74) is -0.499. The van der Waals surface area contributed by atoms with Crippen LogP contribution in [-0.2, 0) is 6.54 Å². The molecule has 1 N–H and O–H groups in total. The molecule has 110 valence electrons. The number of hydrogen-bond acceptors (Lipinski definition) is 5. The molecule has 1 aromatic carbocycles. The van der Waals surface area contributed by atoms with E-state index in [-0.39, 0.29) is 6.54 Å². The molecule has 8 heteroatoms.